The van der Waals surface area contributed by atoms with Crippen LogP contribution in [0.25, 0.3) is 0 Å². The summed E-state index contributed by atoms with van der Waals surface area (Å²) in [7, 11) is 0. The predicted molar refractivity (Wildman–Crippen MR) is 41.3 cm³/mol. The highest BCUT2D eigenvalue weighted by Crippen LogP contribution is 2.15. The summed E-state index contributed by atoms with van der Waals surface area (Å²) in [6.07, 6.45) is 2.92. The molecule has 1 saturated heterocycles. The zero-order valence-electron chi connectivity index (χ0n) is 6.70. The van der Waals surface area contributed by atoms with Crippen molar-refractivity contribution in [3.8, 4) is 0 Å². The molecule has 3 nitrogen and oxygen atoms in total. The molecule has 1 heterocycles. The predicted octanol–water partition coefficient (Wildman–Crippen LogP) is 0.299. The van der Waals surface area contributed by atoms with E-state index in [2.05, 4.69) is 0 Å². The minimum Gasteiger partial charge on any atom is -0.396 e. The Balaban J connectivity index is 2.32. The molecule has 11 heavy (non-hydrogen) atoms. The lowest BCUT2D eigenvalue weighted by Gasteiger charge is -2.18. The molecule has 0 radical (unpaired) electrons. The molecule has 0 aliphatic carbocycles. The standard InChI is InChI=1S/C8H16O3/c9-5-4-8-7(10)3-1-2-6-11-8/h7-10H,1-6H2/t7-,8+/m1/s1. The van der Waals surface area contributed by atoms with Gasteiger partial charge in [0.05, 0.1) is 12.2 Å². The number of hydrogen-bond donors (Lipinski definition) is 2. The van der Waals surface area contributed by atoms with Gasteiger partial charge in [0.2, 0.25) is 0 Å². The van der Waals surface area contributed by atoms with Crippen LogP contribution in [0.1, 0.15) is 25.7 Å². The normalized spacial score (nSPS) is 33.3. The lowest BCUT2D eigenvalue weighted by atomic mass is 10.1. The van der Waals surface area contributed by atoms with Gasteiger partial charge < -0.3 is 14.9 Å². The Bertz CT molecular complexity index is 106. The Morgan fingerprint density at radius 1 is 1.36 bits per heavy atom. The van der Waals surface area contributed by atoms with Crippen molar-refractivity contribution in [1.82, 2.24) is 0 Å². The first-order chi connectivity index (χ1) is 5.34. The third kappa shape index (κ3) is 2.77. The van der Waals surface area contributed by atoms with Gasteiger partial charge >= 0.3 is 0 Å². The Morgan fingerprint density at radius 2 is 2.18 bits per heavy atom. The zero-order chi connectivity index (χ0) is 8.10. The van der Waals surface area contributed by atoms with Crippen molar-refractivity contribution in [3.63, 3.8) is 0 Å². The fraction of sp³-hybridized carbons (Fsp3) is 1.00. The SMILES string of the molecule is OCC[C@@H]1OCCCC[C@H]1O. The summed E-state index contributed by atoms with van der Waals surface area (Å²) in [4.78, 5) is 0. The van der Waals surface area contributed by atoms with Crippen molar-refractivity contribution < 1.29 is 14.9 Å². The Kier molecular flexibility index (Phi) is 3.83. The summed E-state index contributed by atoms with van der Waals surface area (Å²) in [6, 6.07) is 0. The topological polar surface area (TPSA) is 49.7 Å². The average molecular weight is 160 g/mol. The van der Waals surface area contributed by atoms with Crippen LogP contribution in [0, 0.1) is 0 Å². The Morgan fingerprint density at radius 3 is 2.91 bits per heavy atom. The first kappa shape index (κ1) is 8.97. The van der Waals surface area contributed by atoms with Gasteiger partial charge in [-0.2, -0.15) is 0 Å². The lowest BCUT2D eigenvalue weighted by molar-refractivity contribution is -0.0363. The van der Waals surface area contributed by atoms with Gasteiger partial charge in [-0.1, -0.05) is 0 Å². The molecule has 0 aromatic heterocycles. The van der Waals surface area contributed by atoms with Crippen LogP contribution in [0.4, 0.5) is 0 Å². The van der Waals surface area contributed by atoms with Gasteiger partial charge in [-0.3, -0.25) is 0 Å². The summed E-state index contributed by atoms with van der Waals surface area (Å²) >= 11 is 0. The van der Waals surface area contributed by atoms with Crippen molar-refractivity contribution in [2.45, 2.75) is 37.9 Å². The van der Waals surface area contributed by atoms with Crippen LogP contribution < -0.4 is 0 Å². The fourth-order valence-corrected chi connectivity index (χ4v) is 1.39. The molecule has 0 bridgehead atoms. The van der Waals surface area contributed by atoms with Gasteiger partial charge in [0, 0.05) is 13.2 Å². The van der Waals surface area contributed by atoms with E-state index >= 15 is 0 Å². The van der Waals surface area contributed by atoms with Crippen molar-refractivity contribution >= 4 is 0 Å². The molecule has 1 fully saturated rings. The molecule has 0 amide bonds. The van der Waals surface area contributed by atoms with Gasteiger partial charge in [-0.15, -0.1) is 0 Å². The fourth-order valence-electron chi connectivity index (χ4n) is 1.39. The summed E-state index contributed by atoms with van der Waals surface area (Å²) in [6.45, 7) is 0.823. The maximum Gasteiger partial charge on any atom is 0.0855 e. The number of ether oxygens (including phenoxy) is 1. The van der Waals surface area contributed by atoms with E-state index in [-0.39, 0.29) is 18.8 Å². The van der Waals surface area contributed by atoms with Crippen LogP contribution in [-0.4, -0.2) is 35.6 Å². The molecular formula is C8H16O3. The van der Waals surface area contributed by atoms with E-state index < -0.39 is 0 Å². The van der Waals surface area contributed by atoms with E-state index in [1.807, 2.05) is 0 Å². The first-order valence-corrected chi connectivity index (χ1v) is 4.25. The van der Waals surface area contributed by atoms with Crippen LogP contribution in [0.3, 0.4) is 0 Å². The largest absolute Gasteiger partial charge is 0.396 e. The number of rotatable bonds is 2. The molecule has 1 rings (SSSR count). The van der Waals surface area contributed by atoms with Gasteiger partial charge in [0.1, 0.15) is 0 Å². The number of hydrogen-bond acceptors (Lipinski definition) is 3. The van der Waals surface area contributed by atoms with E-state index in [0.717, 1.165) is 25.9 Å². The molecule has 0 unspecified atom stereocenters. The molecule has 1 aliphatic rings. The number of aliphatic hydroxyl groups is 2. The van der Waals surface area contributed by atoms with Crippen molar-refractivity contribution in [1.29, 1.82) is 0 Å². The second-order valence-corrected chi connectivity index (χ2v) is 2.98. The second kappa shape index (κ2) is 4.70. The van der Waals surface area contributed by atoms with E-state index in [4.69, 9.17) is 9.84 Å². The zero-order valence-corrected chi connectivity index (χ0v) is 6.70. The third-order valence-corrected chi connectivity index (χ3v) is 2.07. The molecule has 0 aromatic carbocycles. The summed E-state index contributed by atoms with van der Waals surface area (Å²) < 4.78 is 5.35. The van der Waals surface area contributed by atoms with Crippen LogP contribution >= 0.6 is 0 Å². The smallest absolute Gasteiger partial charge is 0.0855 e. The molecular weight excluding hydrogens is 144 g/mol. The van der Waals surface area contributed by atoms with Crippen molar-refractivity contribution in [3.05, 3.63) is 0 Å². The third-order valence-electron chi connectivity index (χ3n) is 2.07. The molecule has 0 saturated carbocycles. The Hall–Kier alpha value is -0.120. The maximum absolute atomic E-state index is 9.44. The van der Waals surface area contributed by atoms with Crippen LogP contribution in [-0.2, 0) is 4.74 Å². The quantitative estimate of drug-likeness (QED) is 0.610. The van der Waals surface area contributed by atoms with E-state index in [9.17, 15) is 5.11 Å². The van der Waals surface area contributed by atoms with Gasteiger partial charge in [0.15, 0.2) is 0 Å². The molecule has 3 heteroatoms. The highest BCUT2D eigenvalue weighted by Gasteiger charge is 2.21. The maximum atomic E-state index is 9.44. The first-order valence-electron chi connectivity index (χ1n) is 4.25. The summed E-state index contributed by atoms with van der Waals surface area (Å²) in [5, 5.41) is 18.1. The van der Waals surface area contributed by atoms with Gasteiger partial charge in [0.25, 0.3) is 0 Å². The van der Waals surface area contributed by atoms with Crippen molar-refractivity contribution in [2.24, 2.45) is 0 Å². The van der Waals surface area contributed by atoms with E-state index in [1.165, 1.54) is 0 Å². The molecule has 0 aromatic rings. The van der Waals surface area contributed by atoms with Crippen LogP contribution in [0.5, 0.6) is 0 Å². The van der Waals surface area contributed by atoms with Crippen LogP contribution in [0.15, 0.2) is 0 Å². The van der Waals surface area contributed by atoms with Crippen molar-refractivity contribution in [2.75, 3.05) is 13.2 Å². The highest BCUT2D eigenvalue weighted by molar-refractivity contribution is 4.71. The molecule has 66 valence electrons. The summed E-state index contributed by atoms with van der Waals surface area (Å²) in [5.74, 6) is 0. The minimum absolute atomic E-state index is 0.0989. The summed E-state index contributed by atoms with van der Waals surface area (Å²) in [5.41, 5.74) is 0. The van der Waals surface area contributed by atoms with Crippen LogP contribution in [0.2, 0.25) is 0 Å². The minimum atomic E-state index is -0.371. The molecule has 0 spiro atoms. The Labute approximate surface area is 67.0 Å². The molecule has 2 atom stereocenters. The number of aliphatic hydroxyl groups excluding tert-OH is 2. The lowest BCUT2D eigenvalue weighted by Crippen LogP contribution is -2.28. The average Bonchev–Trinajstić information content (AvgIpc) is 2.18. The van der Waals surface area contributed by atoms with E-state index in [0.29, 0.717) is 6.42 Å². The van der Waals surface area contributed by atoms with E-state index in [1.54, 1.807) is 0 Å². The van der Waals surface area contributed by atoms with Gasteiger partial charge in [-0.05, 0) is 25.7 Å². The molecule has 2 N–H and O–H groups in total. The highest BCUT2D eigenvalue weighted by atomic mass is 16.5. The molecule has 1 aliphatic heterocycles. The monoisotopic (exact) mass is 160 g/mol. The second-order valence-electron chi connectivity index (χ2n) is 2.98. The van der Waals surface area contributed by atoms with Gasteiger partial charge in [-0.25, -0.2) is 0 Å².